The third-order valence-electron chi connectivity index (χ3n) is 3.61. The second-order valence-electron chi connectivity index (χ2n) is 5.65. The molecule has 148 valence electrons. The number of carbonyl (C=O) groups excluding carboxylic acids is 1. The van der Waals surface area contributed by atoms with Gasteiger partial charge in [0.2, 0.25) is 0 Å². The first-order valence-electron chi connectivity index (χ1n) is 8.13. The number of nitrogens with one attached hydrogen (secondary N) is 2. The summed E-state index contributed by atoms with van der Waals surface area (Å²) in [5.41, 5.74) is 1.02. The van der Waals surface area contributed by atoms with Crippen molar-refractivity contribution in [2.24, 2.45) is 0 Å². The number of hydrogen-bond acceptors (Lipinski definition) is 6. The van der Waals surface area contributed by atoms with Crippen LogP contribution in [0.5, 0.6) is 5.75 Å². The maximum Gasteiger partial charge on any atom is 0.443 e. The Kier molecular flexibility index (Phi) is 7.57. The molecule has 0 aliphatic heterocycles. The van der Waals surface area contributed by atoms with Crippen molar-refractivity contribution < 1.29 is 27.8 Å². The number of ether oxygens (including phenoxy) is 1. The molecule has 2 rings (SSSR count). The van der Waals surface area contributed by atoms with Gasteiger partial charge in [-0.05, 0) is 30.7 Å². The molecule has 3 N–H and O–H groups in total. The molecule has 27 heavy (non-hydrogen) atoms. The van der Waals surface area contributed by atoms with Crippen LogP contribution >= 0.6 is 11.3 Å². The Morgan fingerprint density at radius 1 is 1.33 bits per heavy atom. The number of rotatable bonds is 9. The minimum absolute atomic E-state index is 0.0115. The lowest BCUT2D eigenvalue weighted by Gasteiger charge is -2.10. The molecule has 1 unspecified atom stereocenters. The van der Waals surface area contributed by atoms with E-state index in [2.05, 4.69) is 15.6 Å². The molecule has 0 fully saturated rings. The van der Waals surface area contributed by atoms with Gasteiger partial charge < -0.3 is 20.5 Å². The van der Waals surface area contributed by atoms with Gasteiger partial charge in [-0.1, -0.05) is 12.1 Å². The summed E-state index contributed by atoms with van der Waals surface area (Å²) in [6.45, 7) is 0.585. The van der Waals surface area contributed by atoms with Gasteiger partial charge in [0.25, 0.3) is 5.91 Å². The van der Waals surface area contributed by atoms with Gasteiger partial charge in [-0.25, -0.2) is 4.98 Å². The smallest absolute Gasteiger partial charge is 0.443 e. The average Bonchev–Trinajstić information content (AvgIpc) is 3.14. The number of aromatic nitrogens is 1. The molecule has 0 saturated heterocycles. The zero-order valence-electron chi connectivity index (χ0n) is 14.5. The molecule has 0 radical (unpaired) electrons. The molecule has 0 bridgehead atoms. The molecular formula is C17H20F3N3O3S. The van der Waals surface area contributed by atoms with E-state index in [1.54, 1.807) is 12.1 Å². The van der Waals surface area contributed by atoms with E-state index in [9.17, 15) is 23.1 Å². The van der Waals surface area contributed by atoms with Crippen LogP contribution in [0, 0.1) is 0 Å². The van der Waals surface area contributed by atoms with Crippen molar-refractivity contribution in [1.82, 2.24) is 15.6 Å². The molecule has 0 aliphatic carbocycles. The van der Waals surface area contributed by atoms with Gasteiger partial charge in [-0.3, -0.25) is 4.79 Å². The van der Waals surface area contributed by atoms with Crippen molar-refractivity contribution in [3.63, 3.8) is 0 Å². The summed E-state index contributed by atoms with van der Waals surface area (Å²) >= 11 is 0.469. The van der Waals surface area contributed by atoms with Crippen molar-refractivity contribution in [2.75, 3.05) is 26.7 Å². The molecule has 0 aliphatic rings. The lowest BCUT2D eigenvalue weighted by atomic mass is 10.1. The summed E-state index contributed by atoms with van der Waals surface area (Å²) < 4.78 is 42.8. The summed E-state index contributed by atoms with van der Waals surface area (Å²) in [5, 5.41) is 15.6. The normalized spacial score (nSPS) is 12.6. The van der Waals surface area contributed by atoms with Crippen LogP contribution in [-0.2, 0) is 17.4 Å². The standard InChI is InChI=1S/C17H20F3N3O3S/c1-21-15(25)9-26-12-4-2-11(3-5-12)6-7-22-8-14(24)13-10-27-16(23-13)17(18,19)20/h2-5,10,14,22,24H,6-9H2,1H3,(H,21,25). The van der Waals surface area contributed by atoms with Gasteiger partial charge in [0.15, 0.2) is 11.6 Å². The largest absolute Gasteiger partial charge is 0.484 e. The van der Waals surface area contributed by atoms with Gasteiger partial charge >= 0.3 is 6.18 Å². The number of benzene rings is 1. The number of thiazole rings is 1. The fraction of sp³-hybridized carbons (Fsp3) is 0.412. The lowest BCUT2D eigenvalue weighted by Crippen LogP contribution is -2.25. The number of amides is 1. The second kappa shape index (κ2) is 9.67. The average molecular weight is 403 g/mol. The lowest BCUT2D eigenvalue weighted by molar-refractivity contribution is -0.137. The number of likely N-dealkylation sites (N-methyl/N-ethyl adjacent to an activating group) is 1. The van der Waals surface area contributed by atoms with E-state index in [1.165, 1.54) is 12.4 Å². The highest BCUT2D eigenvalue weighted by molar-refractivity contribution is 7.09. The number of carbonyl (C=O) groups is 1. The molecule has 10 heteroatoms. The molecule has 1 heterocycles. The predicted octanol–water partition coefficient (Wildman–Crippen LogP) is 2.15. The number of halogens is 3. The molecule has 1 aromatic carbocycles. The van der Waals surface area contributed by atoms with Gasteiger partial charge in [0.05, 0.1) is 5.69 Å². The minimum Gasteiger partial charge on any atom is -0.484 e. The Balaban J connectivity index is 1.71. The van der Waals surface area contributed by atoms with Crippen LogP contribution in [-0.4, -0.2) is 42.7 Å². The van der Waals surface area contributed by atoms with Crippen LogP contribution in [0.3, 0.4) is 0 Å². The number of alkyl halides is 3. The van der Waals surface area contributed by atoms with Crippen molar-refractivity contribution in [3.8, 4) is 5.75 Å². The van der Waals surface area contributed by atoms with E-state index in [0.717, 1.165) is 5.56 Å². The van der Waals surface area contributed by atoms with Crippen molar-refractivity contribution >= 4 is 17.2 Å². The van der Waals surface area contributed by atoms with Gasteiger partial charge in [0, 0.05) is 19.0 Å². The monoisotopic (exact) mass is 403 g/mol. The number of nitrogens with zero attached hydrogens (tertiary/aromatic N) is 1. The van der Waals surface area contributed by atoms with Crippen molar-refractivity contribution in [3.05, 3.63) is 45.9 Å². The fourth-order valence-electron chi connectivity index (χ4n) is 2.12. The summed E-state index contributed by atoms with van der Waals surface area (Å²) in [7, 11) is 1.53. The molecule has 1 atom stereocenters. The molecule has 0 saturated carbocycles. The number of aliphatic hydroxyl groups excluding tert-OH is 1. The van der Waals surface area contributed by atoms with Crippen molar-refractivity contribution in [2.45, 2.75) is 18.7 Å². The van der Waals surface area contributed by atoms with Crippen LogP contribution < -0.4 is 15.4 Å². The Labute approximate surface area is 158 Å². The van der Waals surface area contributed by atoms with Crippen LogP contribution in [0.4, 0.5) is 13.2 Å². The van der Waals surface area contributed by atoms with E-state index in [4.69, 9.17) is 4.74 Å². The fourth-order valence-corrected chi connectivity index (χ4v) is 2.85. The predicted molar refractivity (Wildman–Crippen MR) is 94.7 cm³/mol. The first-order chi connectivity index (χ1) is 12.8. The first-order valence-corrected chi connectivity index (χ1v) is 9.01. The zero-order valence-corrected chi connectivity index (χ0v) is 15.4. The highest BCUT2D eigenvalue weighted by Crippen LogP contribution is 2.32. The maximum absolute atomic E-state index is 12.5. The Morgan fingerprint density at radius 3 is 2.63 bits per heavy atom. The molecule has 0 spiro atoms. The topological polar surface area (TPSA) is 83.5 Å². The van der Waals surface area contributed by atoms with Gasteiger partial charge in [0.1, 0.15) is 11.9 Å². The van der Waals surface area contributed by atoms with E-state index in [0.29, 0.717) is 30.1 Å². The quantitative estimate of drug-likeness (QED) is 0.559. The van der Waals surface area contributed by atoms with Gasteiger partial charge in [-0.15, -0.1) is 11.3 Å². The maximum atomic E-state index is 12.5. The number of aliphatic hydroxyl groups is 1. The van der Waals surface area contributed by atoms with Crippen LogP contribution in [0.15, 0.2) is 29.6 Å². The molecule has 1 aromatic heterocycles. The van der Waals surface area contributed by atoms with Crippen LogP contribution in [0.25, 0.3) is 0 Å². The minimum atomic E-state index is -4.49. The zero-order chi connectivity index (χ0) is 19.9. The third-order valence-corrected chi connectivity index (χ3v) is 4.51. The van der Waals surface area contributed by atoms with Crippen LogP contribution in [0.1, 0.15) is 22.4 Å². The SMILES string of the molecule is CNC(=O)COc1ccc(CCNCC(O)c2csc(C(F)(F)F)n2)cc1. The van der Waals surface area contributed by atoms with Crippen molar-refractivity contribution in [1.29, 1.82) is 0 Å². The Morgan fingerprint density at radius 2 is 2.04 bits per heavy atom. The molecule has 6 nitrogen and oxygen atoms in total. The van der Waals surface area contributed by atoms with E-state index in [1.807, 2.05) is 12.1 Å². The molecule has 2 aromatic rings. The summed E-state index contributed by atoms with van der Waals surface area (Å²) in [4.78, 5) is 14.5. The Bertz CT molecular complexity index is 735. The number of hydrogen-bond donors (Lipinski definition) is 3. The third kappa shape index (κ3) is 6.81. The summed E-state index contributed by atoms with van der Waals surface area (Å²) in [5.74, 6) is 0.360. The van der Waals surface area contributed by atoms with Gasteiger partial charge in [-0.2, -0.15) is 13.2 Å². The van der Waals surface area contributed by atoms with E-state index < -0.39 is 17.3 Å². The van der Waals surface area contributed by atoms with E-state index in [-0.39, 0.29) is 24.8 Å². The highest BCUT2D eigenvalue weighted by Gasteiger charge is 2.35. The van der Waals surface area contributed by atoms with Crippen LogP contribution in [0.2, 0.25) is 0 Å². The second-order valence-corrected chi connectivity index (χ2v) is 6.51. The highest BCUT2D eigenvalue weighted by atomic mass is 32.1. The Hall–Kier alpha value is -2.17. The summed E-state index contributed by atoms with van der Waals surface area (Å²) in [6.07, 6.45) is -4.93. The molecule has 1 amide bonds. The van der Waals surface area contributed by atoms with E-state index >= 15 is 0 Å². The first kappa shape index (κ1) is 21.1. The molecular weight excluding hydrogens is 383 g/mol. The summed E-state index contributed by atoms with van der Waals surface area (Å²) in [6, 6.07) is 7.21.